The Hall–Kier alpha value is -1.82. The maximum Gasteiger partial charge on any atom is 0.193 e. The molecule has 2 aromatic rings. The zero-order valence-electron chi connectivity index (χ0n) is 14.6. The van der Waals surface area contributed by atoms with E-state index in [9.17, 15) is 0 Å². The van der Waals surface area contributed by atoms with E-state index in [1.807, 2.05) is 12.3 Å². The van der Waals surface area contributed by atoms with Crippen molar-refractivity contribution in [3.8, 4) is 0 Å². The third-order valence-electron chi connectivity index (χ3n) is 3.86. The molecule has 0 bridgehead atoms. The Morgan fingerprint density at radius 2 is 2.12 bits per heavy atom. The van der Waals surface area contributed by atoms with Crippen molar-refractivity contribution in [3.05, 3.63) is 51.8 Å². The Morgan fingerprint density at radius 3 is 2.79 bits per heavy atom. The molecule has 2 rings (SSSR count). The molecule has 2 N–H and O–H groups in total. The van der Waals surface area contributed by atoms with Gasteiger partial charge in [-0.15, -0.1) is 0 Å². The summed E-state index contributed by atoms with van der Waals surface area (Å²) >= 11 is 3.61. The van der Waals surface area contributed by atoms with E-state index in [0.717, 1.165) is 48.6 Å². The van der Waals surface area contributed by atoms with Crippen molar-refractivity contribution in [1.29, 1.82) is 0 Å². The lowest BCUT2D eigenvalue weighted by Gasteiger charge is -2.22. The Kier molecular flexibility index (Phi) is 7.31. The van der Waals surface area contributed by atoms with E-state index in [1.54, 1.807) is 0 Å². The Morgan fingerprint density at radius 1 is 1.33 bits per heavy atom. The highest BCUT2D eigenvalue weighted by atomic mass is 79.9. The number of hydrogen-bond donors (Lipinski definition) is 2. The molecular weight excluding hydrogens is 366 g/mol. The van der Waals surface area contributed by atoms with Gasteiger partial charge in [0.15, 0.2) is 5.96 Å². The minimum absolute atomic E-state index is 0.799. The van der Waals surface area contributed by atoms with Gasteiger partial charge in [0.1, 0.15) is 0 Å². The second-order valence-electron chi connectivity index (χ2n) is 5.81. The van der Waals surface area contributed by atoms with E-state index in [4.69, 9.17) is 4.99 Å². The minimum Gasteiger partial charge on any atom is -0.357 e. The number of aromatic nitrogens is 2. The molecule has 0 spiro atoms. The monoisotopic (exact) mass is 391 g/mol. The number of rotatable bonds is 7. The van der Waals surface area contributed by atoms with Crippen molar-refractivity contribution in [1.82, 2.24) is 20.4 Å². The summed E-state index contributed by atoms with van der Waals surface area (Å²) in [5, 5.41) is 10.4. The van der Waals surface area contributed by atoms with Crippen molar-refractivity contribution in [2.24, 2.45) is 4.99 Å². The number of guanidine groups is 1. The van der Waals surface area contributed by atoms with Crippen LogP contribution in [0, 0.1) is 6.92 Å². The highest BCUT2D eigenvalue weighted by Gasteiger charge is 2.08. The van der Waals surface area contributed by atoms with Crippen molar-refractivity contribution >= 4 is 21.9 Å². The molecule has 0 unspecified atom stereocenters. The van der Waals surface area contributed by atoms with E-state index >= 15 is 0 Å². The number of nitrogens with zero attached hydrogens (tertiary/aromatic N) is 3. The van der Waals surface area contributed by atoms with Crippen LogP contribution in [-0.2, 0) is 13.0 Å². The van der Waals surface area contributed by atoms with Gasteiger partial charge in [-0.05, 0) is 43.9 Å². The quantitative estimate of drug-likeness (QED) is 0.431. The van der Waals surface area contributed by atoms with Crippen molar-refractivity contribution in [3.63, 3.8) is 0 Å². The predicted octanol–water partition coefficient (Wildman–Crippen LogP) is 3.51. The molecular formula is C18H26BrN5. The highest BCUT2D eigenvalue weighted by molar-refractivity contribution is 9.10. The van der Waals surface area contributed by atoms with Crippen LogP contribution in [0.4, 0.5) is 0 Å². The van der Waals surface area contributed by atoms with E-state index in [-0.39, 0.29) is 0 Å². The lowest BCUT2D eigenvalue weighted by atomic mass is 10.1. The average Bonchev–Trinajstić information content (AvgIpc) is 2.97. The largest absolute Gasteiger partial charge is 0.357 e. The van der Waals surface area contributed by atoms with Gasteiger partial charge in [0, 0.05) is 36.8 Å². The molecule has 1 aromatic heterocycles. The summed E-state index contributed by atoms with van der Waals surface area (Å²) in [6.45, 7) is 6.62. The molecule has 0 fully saturated rings. The molecule has 6 heteroatoms. The summed E-state index contributed by atoms with van der Waals surface area (Å²) in [6, 6.07) is 8.29. The van der Waals surface area contributed by atoms with Crippen molar-refractivity contribution in [2.75, 3.05) is 20.1 Å². The van der Waals surface area contributed by atoms with Gasteiger partial charge in [-0.2, -0.15) is 5.10 Å². The number of aromatic amines is 1. The van der Waals surface area contributed by atoms with Crippen LogP contribution in [0.5, 0.6) is 0 Å². The van der Waals surface area contributed by atoms with Gasteiger partial charge in [0.25, 0.3) is 0 Å². The molecule has 0 saturated heterocycles. The maximum absolute atomic E-state index is 4.75. The number of hydrogen-bond acceptors (Lipinski definition) is 2. The van der Waals surface area contributed by atoms with Gasteiger partial charge < -0.3 is 10.2 Å². The smallest absolute Gasteiger partial charge is 0.193 e. The third-order valence-corrected chi connectivity index (χ3v) is 4.64. The molecule has 24 heavy (non-hydrogen) atoms. The molecule has 1 aromatic carbocycles. The second kappa shape index (κ2) is 9.47. The van der Waals surface area contributed by atoms with Gasteiger partial charge in [-0.25, -0.2) is 0 Å². The Labute approximate surface area is 152 Å². The lowest BCUT2D eigenvalue weighted by molar-refractivity contribution is 0.475. The summed E-state index contributed by atoms with van der Waals surface area (Å²) in [5.41, 5.74) is 3.67. The summed E-state index contributed by atoms with van der Waals surface area (Å²) < 4.78 is 1.13. The topological polar surface area (TPSA) is 56.3 Å². The predicted molar refractivity (Wildman–Crippen MR) is 103 cm³/mol. The first-order valence-electron chi connectivity index (χ1n) is 8.33. The molecule has 0 amide bonds. The zero-order valence-corrected chi connectivity index (χ0v) is 16.2. The molecule has 130 valence electrons. The van der Waals surface area contributed by atoms with Crippen LogP contribution >= 0.6 is 15.9 Å². The SMILES string of the molecule is CCNC(=NCCCc1cn[nH]c1C)N(C)Cc1ccccc1Br. The van der Waals surface area contributed by atoms with Crippen LogP contribution < -0.4 is 5.32 Å². The number of nitrogens with one attached hydrogen (secondary N) is 2. The van der Waals surface area contributed by atoms with E-state index in [2.05, 4.69) is 75.4 Å². The number of aryl methyl sites for hydroxylation is 2. The van der Waals surface area contributed by atoms with E-state index in [1.165, 1.54) is 11.1 Å². The maximum atomic E-state index is 4.75. The minimum atomic E-state index is 0.799. The normalized spacial score (nSPS) is 11.6. The standard InChI is InChI=1S/C18H26BrN5/c1-4-20-18(21-11-7-9-15-12-22-23-14(15)2)24(3)13-16-8-5-6-10-17(16)19/h5-6,8,10,12H,4,7,9,11,13H2,1-3H3,(H,20,21)(H,22,23). The highest BCUT2D eigenvalue weighted by Crippen LogP contribution is 2.17. The van der Waals surface area contributed by atoms with Crippen LogP contribution in [0.3, 0.4) is 0 Å². The van der Waals surface area contributed by atoms with Crippen LogP contribution in [0.1, 0.15) is 30.2 Å². The summed E-state index contributed by atoms with van der Waals surface area (Å²) in [7, 11) is 2.07. The first-order chi connectivity index (χ1) is 11.6. The summed E-state index contributed by atoms with van der Waals surface area (Å²) in [6.07, 6.45) is 3.92. The van der Waals surface area contributed by atoms with Crippen molar-refractivity contribution in [2.45, 2.75) is 33.2 Å². The molecule has 0 aliphatic heterocycles. The molecule has 0 aliphatic rings. The van der Waals surface area contributed by atoms with Crippen molar-refractivity contribution < 1.29 is 0 Å². The molecule has 0 aliphatic carbocycles. The van der Waals surface area contributed by atoms with Gasteiger partial charge in [-0.1, -0.05) is 34.1 Å². The van der Waals surface area contributed by atoms with Crippen LogP contribution in [0.25, 0.3) is 0 Å². The fourth-order valence-electron chi connectivity index (χ4n) is 2.51. The number of aliphatic imine (C=N–C) groups is 1. The fourth-order valence-corrected chi connectivity index (χ4v) is 2.92. The Balaban J connectivity index is 1.91. The molecule has 5 nitrogen and oxygen atoms in total. The summed E-state index contributed by atoms with van der Waals surface area (Å²) in [4.78, 5) is 6.91. The van der Waals surface area contributed by atoms with Crippen LogP contribution in [-0.4, -0.2) is 41.2 Å². The fraction of sp³-hybridized carbons (Fsp3) is 0.444. The molecule has 0 saturated carbocycles. The summed E-state index contributed by atoms with van der Waals surface area (Å²) in [5.74, 6) is 0.942. The Bertz CT molecular complexity index is 665. The van der Waals surface area contributed by atoms with E-state index < -0.39 is 0 Å². The second-order valence-corrected chi connectivity index (χ2v) is 6.66. The van der Waals surface area contributed by atoms with Gasteiger partial charge in [0.2, 0.25) is 0 Å². The number of halogens is 1. The number of benzene rings is 1. The number of H-pyrrole nitrogens is 1. The van der Waals surface area contributed by atoms with Gasteiger partial charge in [-0.3, -0.25) is 10.1 Å². The first kappa shape index (κ1) is 18.5. The van der Waals surface area contributed by atoms with Crippen LogP contribution in [0.15, 0.2) is 39.9 Å². The third kappa shape index (κ3) is 5.37. The van der Waals surface area contributed by atoms with Gasteiger partial charge in [0.05, 0.1) is 6.20 Å². The lowest BCUT2D eigenvalue weighted by Crippen LogP contribution is -2.38. The van der Waals surface area contributed by atoms with Gasteiger partial charge >= 0.3 is 0 Å². The zero-order chi connectivity index (χ0) is 17.4. The van der Waals surface area contributed by atoms with Crippen LogP contribution in [0.2, 0.25) is 0 Å². The first-order valence-corrected chi connectivity index (χ1v) is 9.12. The molecule has 0 atom stereocenters. The molecule has 0 radical (unpaired) electrons. The average molecular weight is 392 g/mol. The molecule has 1 heterocycles. The van der Waals surface area contributed by atoms with E-state index in [0.29, 0.717) is 0 Å².